The van der Waals surface area contributed by atoms with Crippen LogP contribution in [-0.2, 0) is 12.8 Å². The van der Waals surface area contributed by atoms with Crippen LogP contribution in [0, 0.1) is 11.6 Å². The standard InChI is InChI=1S/C18H20F2N6/c1-3-5-6-12-9-10-22-17(21)14(12)18-23-24-25-26(18)13-8-7-11(4-2)15(19)16(13)20/h7-10H,3-6H2,1-2H3,(H2,21,22). The van der Waals surface area contributed by atoms with Crippen molar-refractivity contribution in [2.45, 2.75) is 39.5 Å². The summed E-state index contributed by atoms with van der Waals surface area (Å²) in [5, 5.41) is 11.5. The van der Waals surface area contributed by atoms with Gasteiger partial charge in [-0.15, -0.1) is 5.10 Å². The Morgan fingerprint density at radius 2 is 1.88 bits per heavy atom. The second-order valence-corrected chi connectivity index (χ2v) is 5.97. The summed E-state index contributed by atoms with van der Waals surface area (Å²) in [7, 11) is 0. The third kappa shape index (κ3) is 3.14. The normalized spacial score (nSPS) is 11.1. The highest BCUT2D eigenvalue weighted by atomic mass is 19.2. The molecule has 0 atom stereocenters. The summed E-state index contributed by atoms with van der Waals surface area (Å²) in [4.78, 5) is 4.11. The average molecular weight is 358 g/mol. The molecule has 2 heterocycles. The average Bonchev–Trinajstić information content (AvgIpc) is 3.11. The molecule has 0 saturated heterocycles. The Hall–Kier alpha value is -2.90. The molecule has 6 nitrogen and oxygen atoms in total. The summed E-state index contributed by atoms with van der Waals surface area (Å²) in [6, 6.07) is 4.84. The summed E-state index contributed by atoms with van der Waals surface area (Å²) in [6.45, 7) is 3.85. The smallest absolute Gasteiger partial charge is 0.191 e. The van der Waals surface area contributed by atoms with Crippen molar-refractivity contribution in [1.82, 2.24) is 25.2 Å². The Bertz CT molecular complexity index is 922. The van der Waals surface area contributed by atoms with E-state index in [1.54, 1.807) is 13.1 Å². The summed E-state index contributed by atoms with van der Waals surface area (Å²) < 4.78 is 30.0. The molecule has 3 rings (SSSR count). The van der Waals surface area contributed by atoms with Crippen molar-refractivity contribution in [2.24, 2.45) is 0 Å². The van der Waals surface area contributed by atoms with E-state index in [2.05, 4.69) is 27.4 Å². The largest absolute Gasteiger partial charge is 0.383 e. The van der Waals surface area contributed by atoms with Crippen LogP contribution in [0.4, 0.5) is 14.6 Å². The van der Waals surface area contributed by atoms with Crippen molar-refractivity contribution in [3.05, 3.63) is 47.2 Å². The topological polar surface area (TPSA) is 82.5 Å². The fourth-order valence-electron chi connectivity index (χ4n) is 2.87. The Morgan fingerprint density at radius 1 is 1.08 bits per heavy atom. The molecule has 8 heteroatoms. The molecule has 0 aliphatic carbocycles. The van der Waals surface area contributed by atoms with Crippen LogP contribution in [0.3, 0.4) is 0 Å². The molecule has 0 bridgehead atoms. The number of rotatable bonds is 6. The van der Waals surface area contributed by atoms with Gasteiger partial charge in [0, 0.05) is 6.20 Å². The maximum Gasteiger partial charge on any atom is 0.191 e. The van der Waals surface area contributed by atoms with E-state index in [-0.39, 0.29) is 17.3 Å². The molecule has 2 aromatic heterocycles. The third-order valence-electron chi connectivity index (χ3n) is 4.31. The SMILES string of the molecule is CCCCc1ccnc(N)c1-c1nnnn1-c1ccc(CC)c(F)c1F. The lowest BCUT2D eigenvalue weighted by molar-refractivity contribution is 0.492. The van der Waals surface area contributed by atoms with Gasteiger partial charge in [0.25, 0.3) is 0 Å². The molecule has 0 fully saturated rings. The maximum absolute atomic E-state index is 14.6. The van der Waals surface area contributed by atoms with Gasteiger partial charge in [-0.3, -0.25) is 0 Å². The monoisotopic (exact) mass is 358 g/mol. The Morgan fingerprint density at radius 3 is 2.62 bits per heavy atom. The Balaban J connectivity index is 2.16. The van der Waals surface area contributed by atoms with Crippen LogP contribution in [0.1, 0.15) is 37.8 Å². The second kappa shape index (κ2) is 7.55. The first-order valence-electron chi connectivity index (χ1n) is 8.57. The first-order chi connectivity index (χ1) is 12.6. The molecule has 0 aliphatic heterocycles. The number of aromatic nitrogens is 5. The van der Waals surface area contributed by atoms with E-state index in [1.807, 2.05) is 6.07 Å². The first-order valence-corrected chi connectivity index (χ1v) is 8.57. The highest BCUT2D eigenvalue weighted by molar-refractivity contribution is 5.73. The summed E-state index contributed by atoms with van der Waals surface area (Å²) in [5.41, 5.74) is 7.75. The van der Waals surface area contributed by atoms with Gasteiger partial charge in [0.05, 0.1) is 5.56 Å². The molecule has 1 aromatic carbocycles. The number of anilines is 1. The first kappa shape index (κ1) is 17.9. The third-order valence-corrected chi connectivity index (χ3v) is 4.31. The van der Waals surface area contributed by atoms with Gasteiger partial charge >= 0.3 is 0 Å². The highest BCUT2D eigenvalue weighted by Crippen LogP contribution is 2.30. The molecule has 0 unspecified atom stereocenters. The molecular weight excluding hydrogens is 338 g/mol. The fourth-order valence-corrected chi connectivity index (χ4v) is 2.87. The van der Waals surface area contributed by atoms with E-state index in [0.29, 0.717) is 17.5 Å². The molecule has 0 radical (unpaired) electrons. The van der Waals surface area contributed by atoms with Crippen LogP contribution < -0.4 is 5.73 Å². The molecule has 0 saturated carbocycles. The van der Waals surface area contributed by atoms with Gasteiger partial charge < -0.3 is 5.73 Å². The number of hydrogen-bond donors (Lipinski definition) is 1. The minimum atomic E-state index is -0.990. The number of benzene rings is 1. The van der Waals surface area contributed by atoms with Gasteiger partial charge in [-0.25, -0.2) is 13.8 Å². The summed E-state index contributed by atoms with van der Waals surface area (Å²) >= 11 is 0. The van der Waals surface area contributed by atoms with Gasteiger partial charge in [-0.1, -0.05) is 26.3 Å². The quantitative estimate of drug-likeness (QED) is 0.729. The molecule has 26 heavy (non-hydrogen) atoms. The fraction of sp³-hybridized carbons (Fsp3) is 0.333. The number of tetrazole rings is 1. The molecule has 0 spiro atoms. The number of aryl methyl sites for hydroxylation is 2. The van der Waals surface area contributed by atoms with Crippen molar-refractivity contribution in [3.8, 4) is 17.1 Å². The molecule has 0 aliphatic rings. The van der Waals surface area contributed by atoms with Crippen molar-refractivity contribution in [3.63, 3.8) is 0 Å². The number of pyridine rings is 1. The van der Waals surface area contributed by atoms with Crippen molar-refractivity contribution >= 4 is 5.82 Å². The predicted molar refractivity (Wildman–Crippen MR) is 94.7 cm³/mol. The number of halogens is 2. The van der Waals surface area contributed by atoms with Gasteiger partial charge in [-0.2, -0.15) is 4.68 Å². The van der Waals surface area contributed by atoms with Crippen molar-refractivity contribution < 1.29 is 8.78 Å². The van der Waals surface area contributed by atoms with Gasteiger partial charge in [0.1, 0.15) is 11.5 Å². The van der Waals surface area contributed by atoms with Crippen LogP contribution in [0.15, 0.2) is 24.4 Å². The Labute approximate surface area is 150 Å². The van der Waals surface area contributed by atoms with Gasteiger partial charge in [-0.05, 0) is 52.9 Å². The zero-order valence-electron chi connectivity index (χ0n) is 14.7. The van der Waals surface area contributed by atoms with E-state index < -0.39 is 11.6 Å². The van der Waals surface area contributed by atoms with Crippen LogP contribution in [0.5, 0.6) is 0 Å². The number of nitrogen functional groups attached to an aromatic ring is 1. The molecule has 2 N–H and O–H groups in total. The number of unbranched alkanes of at least 4 members (excludes halogenated alkanes) is 1. The van der Waals surface area contributed by atoms with Crippen molar-refractivity contribution in [2.75, 3.05) is 5.73 Å². The zero-order chi connectivity index (χ0) is 18.7. The van der Waals surface area contributed by atoms with E-state index in [4.69, 9.17) is 5.73 Å². The van der Waals surface area contributed by atoms with Crippen molar-refractivity contribution in [1.29, 1.82) is 0 Å². The van der Waals surface area contributed by atoms with Gasteiger partial charge in [0.15, 0.2) is 17.5 Å². The maximum atomic E-state index is 14.6. The van der Waals surface area contributed by atoms with E-state index in [9.17, 15) is 8.78 Å². The number of nitrogens with two attached hydrogens (primary N) is 1. The summed E-state index contributed by atoms with van der Waals surface area (Å²) in [6.07, 6.45) is 4.73. The number of hydrogen-bond acceptors (Lipinski definition) is 5. The Kier molecular flexibility index (Phi) is 5.20. The molecule has 3 aromatic rings. The minimum Gasteiger partial charge on any atom is -0.383 e. The number of nitrogens with zero attached hydrogens (tertiary/aromatic N) is 5. The lowest BCUT2D eigenvalue weighted by Gasteiger charge is -2.12. The van der Waals surface area contributed by atoms with Crippen LogP contribution in [0.2, 0.25) is 0 Å². The van der Waals surface area contributed by atoms with Crippen LogP contribution in [-0.4, -0.2) is 25.2 Å². The second-order valence-electron chi connectivity index (χ2n) is 5.97. The van der Waals surface area contributed by atoms with Crippen LogP contribution >= 0.6 is 0 Å². The predicted octanol–water partition coefficient (Wildman–Crippen LogP) is 3.49. The lowest BCUT2D eigenvalue weighted by atomic mass is 10.0. The van der Waals surface area contributed by atoms with E-state index in [1.165, 1.54) is 16.8 Å². The molecule has 136 valence electrons. The minimum absolute atomic E-state index is 0.0654. The summed E-state index contributed by atoms with van der Waals surface area (Å²) in [5.74, 6) is -1.39. The van der Waals surface area contributed by atoms with Crippen LogP contribution in [0.25, 0.3) is 17.1 Å². The highest BCUT2D eigenvalue weighted by Gasteiger charge is 2.22. The van der Waals surface area contributed by atoms with Gasteiger partial charge in [0.2, 0.25) is 0 Å². The molecule has 0 amide bonds. The van der Waals surface area contributed by atoms with E-state index >= 15 is 0 Å². The molecular formula is C18H20F2N6. The van der Waals surface area contributed by atoms with E-state index in [0.717, 1.165) is 24.8 Å². The lowest BCUT2D eigenvalue weighted by Crippen LogP contribution is -2.09. The zero-order valence-corrected chi connectivity index (χ0v) is 14.7.